The molecule has 1 saturated carbocycles. The fourth-order valence-electron chi connectivity index (χ4n) is 2.93. The third kappa shape index (κ3) is 4.40. The second-order valence-corrected chi connectivity index (χ2v) is 8.70. The van der Waals surface area contributed by atoms with Gasteiger partial charge in [0.1, 0.15) is 6.10 Å². The molecule has 1 N–H and O–H groups in total. The van der Waals surface area contributed by atoms with Gasteiger partial charge < -0.3 is 4.74 Å². The summed E-state index contributed by atoms with van der Waals surface area (Å²) >= 11 is 1.54. The first-order valence-corrected chi connectivity index (χ1v) is 11.2. The summed E-state index contributed by atoms with van der Waals surface area (Å²) < 4.78 is 33.3. The number of sulfonamides is 1. The molecule has 2 aromatic rings. The van der Waals surface area contributed by atoms with E-state index >= 15 is 0 Å². The Morgan fingerprint density at radius 1 is 1.08 bits per heavy atom. The fraction of sp³-hybridized carbons (Fsp3) is 0.316. The minimum absolute atomic E-state index is 0.0775. The highest BCUT2D eigenvalue weighted by atomic mass is 32.2. The molecule has 138 valence electrons. The molecular weight excluding hydrogens is 370 g/mol. The van der Waals surface area contributed by atoms with E-state index in [1.165, 1.54) is 11.8 Å². The van der Waals surface area contributed by atoms with E-state index in [0.29, 0.717) is 0 Å². The van der Waals surface area contributed by atoms with E-state index in [9.17, 15) is 13.2 Å². The van der Waals surface area contributed by atoms with Crippen LogP contribution in [0.1, 0.15) is 36.0 Å². The van der Waals surface area contributed by atoms with E-state index < -0.39 is 16.0 Å². The Kier molecular flexibility index (Phi) is 5.88. The molecule has 0 unspecified atom stereocenters. The summed E-state index contributed by atoms with van der Waals surface area (Å²) in [6.07, 6.45) is 5.68. The van der Waals surface area contributed by atoms with Gasteiger partial charge in [-0.15, -0.1) is 11.8 Å². The van der Waals surface area contributed by atoms with Crippen molar-refractivity contribution >= 4 is 33.4 Å². The first-order valence-electron chi connectivity index (χ1n) is 8.46. The van der Waals surface area contributed by atoms with E-state index in [2.05, 4.69) is 4.72 Å². The molecule has 0 heterocycles. The number of carbonyl (C=O) groups is 1. The molecule has 2 aromatic carbocycles. The van der Waals surface area contributed by atoms with E-state index in [-0.39, 0.29) is 22.3 Å². The molecule has 0 amide bonds. The largest absolute Gasteiger partial charge is 0.459 e. The van der Waals surface area contributed by atoms with Crippen LogP contribution in [0.5, 0.6) is 0 Å². The average Bonchev–Trinajstić information content (AvgIpc) is 3.15. The fourth-order valence-corrected chi connectivity index (χ4v) is 4.42. The van der Waals surface area contributed by atoms with Gasteiger partial charge in [0.05, 0.1) is 16.1 Å². The van der Waals surface area contributed by atoms with Crippen LogP contribution in [0, 0.1) is 0 Å². The lowest BCUT2D eigenvalue weighted by Gasteiger charge is -2.15. The van der Waals surface area contributed by atoms with Crippen LogP contribution >= 0.6 is 11.8 Å². The molecule has 26 heavy (non-hydrogen) atoms. The molecule has 0 aromatic heterocycles. The molecule has 1 aliphatic rings. The number of thioether (sulfide) groups is 1. The molecule has 0 bridgehead atoms. The first-order chi connectivity index (χ1) is 12.5. The maximum Gasteiger partial charge on any atom is 0.340 e. The van der Waals surface area contributed by atoms with Gasteiger partial charge in [-0.25, -0.2) is 13.2 Å². The number of hydrogen-bond acceptors (Lipinski definition) is 5. The van der Waals surface area contributed by atoms with Crippen molar-refractivity contribution in [3.05, 3.63) is 54.1 Å². The Labute approximate surface area is 158 Å². The number of benzene rings is 2. The van der Waals surface area contributed by atoms with Crippen molar-refractivity contribution in [1.82, 2.24) is 0 Å². The molecule has 1 aliphatic carbocycles. The maximum atomic E-state index is 12.7. The number of rotatable bonds is 6. The van der Waals surface area contributed by atoms with Gasteiger partial charge in [0, 0.05) is 4.90 Å². The normalized spacial score (nSPS) is 15.0. The average molecular weight is 392 g/mol. The standard InChI is InChI=1S/C19H21NO4S2/c1-25-15-10-12-16(13-11-15)26(22,23)20-18-9-5-4-8-17(18)19(21)24-14-6-2-3-7-14/h4-5,8-14,20H,2-3,6-7H2,1H3. The Balaban J connectivity index is 1.81. The highest BCUT2D eigenvalue weighted by Crippen LogP contribution is 2.26. The zero-order valence-electron chi connectivity index (χ0n) is 14.5. The molecular formula is C19H21NO4S2. The lowest BCUT2D eigenvalue weighted by Crippen LogP contribution is -2.19. The summed E-state index contributed by atoms with van der Waals surface area (Å²) in [4.78, 5) is 13.6. The zero-order chi connectivity index (χ0) is 18.6. The van der Waals surface area contributed by atoms with Gasteiger partial charge in [-0.2, -0.15) is 0 Å². The minimum atomic E-state index is -3.79. The van der Waals surface area contributed by atoms with E-state index in [1.807, 2.05) is 6.26 Å². The number of ether oxygens (including phenoxy) is 1. The smallest absolute Gasteiger partial charge is 0.340 e. The van der Waals surface area contributed by atoms with Gasteiger partial charge in [-0.3, -0.25) is 4.72 Å². The van der Waals surface area contributed by atoms with Crippen molar-refractivity contribution in [2.45, 2.75) is 41.6 Å². The topological polar surface area (TPSA) is 72.5 Å². The summed E-state index contributed by atoms with van der Waals surface area (Å²) in [5.74, 6) is -0.493. The monoisotopic (exact) mass is 391 g/mol. The zero-order valence-corrected chi connectivity index (χ0v) is 16.1. The Bertz CT molecular complexity index is 873. The van der Waals surface area contributed by atoms with Crippen LogP contribution in [-0.2, 0) is 14.8 Å². The summed E-state index contributed by atoms with van der Waals surface area (Å²) in [6, 6.07) is 13.1. The molecule has 3 rings (SSSR count). The van der Waals surface area contributed by atoms with Crippen LogP contribution < -0.4 is 4.72 Å². The SMILES string of the molecule is CSc1ccc(S(=O)(=O)Nc2ccccc2C(=O)OC2CCCC2)cc1. The Morgan fingerprint density at radius 2 is 1.73 bits per heavy atom. The Hall–Kier alpha value is -1.99. The van der Waals surface area contributed by atoms with Crippen LogP contribution in [0.3, 0.4) is 0 Å². The van der Waals surface area contributed by atoms with Gasteiger partial charge >= 0.3 is 5.97 Å². The number of para-hydroxylation sites is 1. The number of nitrogens with one attached hydrogen (secondary N) is 1. The highest BCUT2D eigenvalue weighted by Gasteiger charge is 2.23. The van der Waals surface area contributed by atoms with Crippen LogP contribution in [-0.4, -0.2) is 26.7 Å². The molecule has 1 fully saturated rings. The van der Waals surface area contributed by atoms with Gasteiger partial charge in [0.2, 0.25) is 0 Å². The van der Waals surface area contributed by atoms with Crippen LogP contribution in [0.2, 0.25) is 0 Å². The molecule has 0 aliphatic heterocycles. The lowest BCUT2D eigenvalue weighted by molar-refractivity contribution is 0.0319. The molecule has 0 spiro atoms. The second kappa shape index (κ2) is 8.14. The molecule has 5 nitrogen and oxygen atoms in total. The van der Waals surface area contributed by atoms with Crippen molar-refractivity contribution in [3.63, 3.8) is 0 Å². The van der Waals surface area contributed by atoms with Crippen LogP contribution in [0.25, 0.3) is 0 Å². The maximum absolute atomic E-state index is 12.7. The predicted molar refractivity (Wildman–Crippen MR) is 103 cm³/mol. The summed E-state index contributed by atoms with van der Waals surface area (Å²) in [5.41, 5.74) is 0.452. The Morgan fingerprint density at radius 3 is 2.38 bits per heavy atom. The minimum Gasteiger partial charge on any atom is -0.459 e. The quantitative estimate of drug-likeness (QED) is 0.587. The van der Waals surface area contributed by atoms with Gasteiger partial charge in [0.15, 0.2) is 0 Å². The van der Waals surface area contributed by atoms with Gasteiger partial charge in [0.25, 0.3) is 10.0 Å². The van der Waals surface area contributed by atoms with Gasteiger partial charge in [-0.05, 0) is 68.3 Å². The number of anilines is 1. The number of carbonyl (C=O) groups excluding carboxylic acids is 1. The number of esters is 1. The molecule has 0 atom stereocenters. The van der Waals surface area contributed by atoms with Crippen molar-refractivity contribution < 1.29 is 17.9 Å². The van der Waals surface area contributed by atoms with Crippen LogP contribution in [0.4, 0.5) is 5.69 Å². The third-order valence-corrected chi connectivity index (χ3v) is 6.46. The van der Waals surface area contributed by atoms with Crippen molar-refractivity contribution in [1.29, 1.82) is 0 Å². The van der Waals surface area contributed by atoms with E-state index in [1.54, 1.807) is 48.5 Å². The molecule has 0 radical (unpaired) electrons. The third-order valence-electron chi connectivity index (χ3n) is 4.34. The van der Waals surface area contributed by atoms with E-state index in [4.69, 9.17) is 4.74 Å². The van der Waals surface area contributed by atoms with Crippen molar-refractivity contribution in [3.8, 4) is 0 Å². The molecule has 0 saturated heterocycles. The summed E-state index contributed by atoms with van der Waals surface area (Å²) in [7, 11) is -3.79. The second-order valence-electron chi connectivity index (χ2n) is 6.14. The van der Waals surface area contributed by atoms with Gasteiger partial charge in [-0.1, -0.05) is 12.1 Å². The van der Waals surface area contributed by atoms with Crippen LogP contribution in [0.15, 0.2) is 58.3 Å². The first kappa shape index (κ1) is 18.8. The van der Waals surface area contributed by atoms with E-state index in [0.717, 1.165) is 30.6 Å². The lowest BCUT2D eigenvalue weighted by atomic mass is 10.2. The highest BCUT2D eigenvalue weighted by molar-refractivity contribution is 7.98. The van der Waals surface area contributed by atoms with Crippen molar-refractivity contribution in [2.24, 2.45) is 0 Å². The summed E-state index contributed by atoms with van der Waals surface area (Å²) in [6.45, 7) is 0. The number of hydrogen-bond donors (Lipinski definition) is 1. The van der Waals surface area contributed by atoms with Crippen molar-refractivity contribution in [2.75, 3.05) is 11.0 Å². The molecule has 7 heteroatoms. The summed E-state index contributed by atoms with van der Waals surface area (Å²) in [5, 5.41) is 0. The predicted octanol–water partition coefficient (Wildman–Crippen LogP) is 4.31.